The predicted molar refractivity (Wildman–Crippen MR) is 300 cm³/mol. The zero-order valence-electron chi connectivity index (χ0n) is 41.5. The Morgan fingerprint density at radius 3 is 0.944 bits per heavy atom. The summed E-state index contributed by atoms with van der Waals surface area (Å²) >= 11 is 0. The van der Waals surface area contributed by atoms with E-state index < -0.39 is 5.41 Å². The molecule has 10 aromatic carbocycles. The van der Waals surface area contributed by atoms with Gasteiger partial charge >= 0.3 is 0 Å². The summed E-state index contributed by atoms with van der Waals surface area (Å²) in [7, 11) is 0. The summed E-state index contributed by atoms with van der Waals surface area (Å²) in [6.07, 6.45) is 0. The average molecular weight is 915 g/mol. The minimum Gasteiger partial charge on any atom is -0.310 e. The summed E-state index contributed by atoms with van der Waals surface area (Å²) in [5.41, 5.74) is 23.7. The third kappa shape index (κ3) is 7.32. The van der Waals surface area contributed by atoms with Crippen molar-refractivity contribution in [2.24, 2.45) is 0 Å². The molecular formula is C69H58N2. The second-order valence-corrected chi connectivity index (χ2v) is 21.3. The van der Waals surface area contributed by atoms with E-state index in [1.54, 1.807) is 0 Å². The van der Waals surface area contributed by atoms with Gasteiger partial charge < -0.3 is 9.80 Å². The Balaban J connectivity index is 1.18. The SMILES string of the molecule is CC(C)(C)c1ccc2c(c1)C1(c3cc(N(c4ccccc4)c4ccccc4-c4ccccc4)ccc3-2)c2cc(N(c3ccccc3)c3ccccc3-c3ccccc3)ccc2-c2ccc(C(C)(C)C)cc21. The lowest BCUT2D eigenvalue weighted by molar-refractivity contribution is 0.586. The molecule has 0 bridgehead atoms. The second-order valence-electron chi connectivity index (χ2n) is 21.3. The maximum atomic E-state index is 2.56. The van der Waals surface area contributed by atoms with Gasteiger partial charge in [-0.2, -0.15) is 0 Å². The van der Waals surface area contributed by atoms with Crippen LogP contribution in [0.25, 0.3) is 44.5 Å². The molecular weight excluding hydrogens is 857 g/mol. The monoisotopic (exact) mass is 914 g/mol. The van der Waals surface area contributed by atoms with Gasteiger partial charge in [0.25, 0.3) is 0 Å². The molecule has 10 aromatic rings. The molecule has 12 rings (SSSR count). The van der Waals surface area contributed by atoms with E-state index in [0.29, 0.717) is 0 Å². The summed E-state index contributed by atoms with van der Waals surface area (Å²) in [6, 6.07) is 90.4. The minimum absolute atomic E-state index is 0.0773. The summed E-state index contributed by atoms with van der Waals surface area (Å²) in [6.45, 7) is 14.1. The van der Waals surface area contributed by atoms with Crippen LogP contribution < -0.4 is 9.80 Å². The Morgan fingerprint density at radius 1 is 0.268 bits per heavy atom. The van der Waals surface area contributed by atoms with Gasteiger partial charge in [-0.1, -0.05) is 224 Å². The minimum atomic E-state index is -0.660. The van der Waals surface area contributed by atoms with Crippen molar-refractivity contribution in [2.45, 2.75) is 57.8 Å². The molecule has 344 valence electrons. The number of nitrogens with zero attached hydrogens (tertiary/aromatic N) is 2. The molecule has 2 nitrogen and oxygen atoms in total. The molecule has 0 unspecified atom stereocenters. The molecule has 0 saturated carbocycles. The fourth-order valence-corrected chi connectivity index (χ4v) is 11.5. The Bertz CT molecular complexity index is 3360. The van der Waals surface area contributed by atoms with Gasteiger partial charge in [-0.25, -0.2) is 0 Å². The van der Waals surface area contributed by atoms with Crippen LogP contribution in [-0.4, -0.2) is 0 Å². The highest BCUT2D eigenvalue weighted by Crippen LogP contribution is 2.65. The highest BCUT2D eigenvalue weighted by molar-refractivity contribution is 5.99. The highest BCUT2D eigenvalue weighted by atomic mass is 15.2. The van der Waals surface area contributed by atoms with E-state index in [4.69, 9.17) is 0 Å². The standard InChI is InChI=1S/C69H58N2/c1-67(2,3)49-35-39-57-59-41-37-53(70(51-27-15-9-16-28-51)65-33-21-19-31-55(65)47-23-11-7-12-24-47)45-63(59)69(61(57)43-49)62-44-50(68(4,5)6)36-40-58(62)60-42-38-54(46-64(60)69)71(52-29-17-10-18-30-52)66-34-22-20-32-56(66)48-25-13-8-14-26-48/h7-46H,1-6H3. The van der Waals surface area contributed by atoms with Crippen molar-refractivity contribution in [3.8, 4) is 44.5 Å². The van der Waals surface area contributed by atoms with E-state index in [9.17, 15) is 0 Å². The number of rotatable bonds is 8. The number of benzene rings is 10. The molecule has 0 saturated heterocycles. The van der Waals surface area contributed by atoms with Gasteiger partial charge in [0.1, 0.15) is 0 Å². The lowest BCUT2D eigenvalue weighted by Gasteiger charge is -2.35. The highest BCUT2D eigenvalue weighted by Gasteiger charge is 2.53. The second kappa shape index (κ2) is 17.0. The van der Waals surface area contributed by atoms with Crippen LogP contribution in [0.5, 0.6) is 0 Å². The van der Waals surface area contributed by atoms with Crippen LogP contribution in [0.2, 0.25) is 0 Å². The Hall–Kier alpha value is -8.20. The lowest BCUT2D eigenvalue weighted by atomic mass is 9.68. The van der Waals surface area contributed by atoms with Crippen LogP contribution in [0, 0.1) is 0 Å². The molecule has 2 aliphatic carbocycles. The maximum Gasteiger partial charge on any atom is 0.0727 e. The van der Waals surface area contributed by atoms with Crippen molar-refractivity contribution < 1.29 is 0 Å². The van der Waals surface area contributed by atoms with Crippen molar-refractivity contribution in [3.05, 3.63) is 276 Å². The van der Waals surface area contributed by atoms with Gasteiger partial charge in [0, 0.05) is 33.9 Å². The zero-order valence-corrected chi connectivity index (χ0v) is 41.5. The van der Waals surface area contributed by atoms with Gasteiger partial charge in [-0.05, 0) is 138 Å². The van der Waals surface area contributed by atoms with E-state index in [2.05, 4.69) is 294 Å². The van der Waals surface area contributed by atoms with Crippen LogP contribution >= 0.6 is 0 Å². The number of hydrogen-bond donors (Lipinski definition) is 0. The third-order valence-electron chi connectivity index (χ3n) is 15.0. The van der Waals surface area contributed by atoms with Gasteiger partial charge in [0.05, 0.1) is 16.8 Å². The Labute approximate surface area is 420 Å². The largest absolute Gasteiger partial charge is 0.310 e. The van der Waals surface area contributed by atoms with Crippen molar-refractivity contribution >= 4 is 34.1 Å². The van der Waals surface area contributed by atoms with Gasteiger partial charge in [-0.3, -0.25) is 0 Å². The Morgan fingerprint density at radius 2 is 0.577 bits per heavy atom. The first-order chi connectivity index (χ1) is 34.5. The molecule has 0 aliphatic heterocycles. The zero-order chi connectivity index (χ0) is 48.5. The molecule has 0 radical (unpaired) electrons. The van der Waals surface area contributed by atoms with Gasteiger partial charge in [-0.15, -0.1) is 0 Å². The van der Waals surface area contributed by atoms with Crippen molar-refractivity contribution in [1.29, 1.82) is 0 Å². The number of anilines is 6. The number of hydrogen-bond acceptors (Lipinski definition) is 2. The third-order valence-corrected chi connectivity index (χ3v) is 15.0. The summed E-state index contributed by atoms with van der Waals surface area (Å²) in [5, 5.41) is 0. The number of fused-ring (bicyclic) bond motifs is 10. The summed E-state index contributed by atoms with van der Waals surface area (Å²) in [4.78, 5) is 4.94. The maximum absolute atomic E-state index is 2.56. The van der Waals surface area contributed by atoms with E-state index in [1.807, 2.05) is 0 Å². The fourth-order valence-electron chi connectivity index (χ4n) is 11.5. The summed E-state index contributed by atoms with van der Waals surface area (Å²) < 4.78 is 0. The van der Waals surface area contributed by atoms with Crippen molar-refractivity contribution in [1.82, 2.24) is 0 Å². The molecule has 0 amide bonds. The molecule has 0 heterocycles. The first kappa shape index (κ1) is 44.0. The van der Waals surface area contributed by atoms with E-state index in [0.717, 1.165) is 34.1 Å². The van der Waals surface area contributed by atoms with Crippen LogP contribution in [0.1, 0.15) is 74.9 Å². The van der Waals surface area contributed by atoms with Crippen molar-refractivity contribution in [2.75, 3.05) is 9.80 Å². The molecule has 0 fully saturated rings. The molecule has 1 spiro atoms. The van der Waals surface area contributed by atoms with E-state index in [-0.39, 0.29) is 10.8 Å². The lowest BCUT2D eigenvalue weighted by Crippen LogP contribution is -2.28. The smallest absolute Gasteiger partial charge is 0.0727 e. The predicted octanol–water partition coefficient (Wildman–Crippen LogP) is 18.9. The number of para-hydroxylation sites is 4. The van der Waals surface area contributed by atoms with Crippen LogP contribution in [0.4, 0.5) is 34.1 Å². The van der Waals surface area contributed by atoms with Crippen LogP contribution in [0.15, 0.2) is 243 Å². The average Bonchev–Trinajstić information content (AvgIpc) is 3.86. The van der Waals surface area contributed by atoms with Crippen molar-refractivity contribution in [3.63, 3.8) is 0 Å². The van der Waals surface area contributed by atoms with Crippen LogP contribution in [-0.2, 0) is 16.2 Å². The normalized spacial score (nSPS) is 13.0. The summed E-state index contributed by atoms with van der Waals surface area (Å²) in [5.74, 6) is 0. The van der Waals surface area contributed by atoms with Gasteiger partial charge in [0.2, 0.25) is 0 Å². The molecule has 2 aliphatic rings. The van der Waals surface area contributed by atoms with E-state index in [1.165, 1.54) is 77.9 Å². The molecule has 0 atom stereocenters. The molecule has 0 N–H and O–H groups in total. The van der Waals surface area contributed by atoms with Crippen LogP contribution in [0.3, 0.4) is 0 Å². The molecule has 2 heteroatoms. The van der Waals surface area contributed by atoms with E-state index >= 15 is 0 Å². The quantitative estimate of drug-likeness (QED) is 0.150. The molecule has 71 heavy (non-hydrogen) atoms. The Kier molecular flexibility index (Phi) is 10.6. The first-order valence-corrected chi connectivity index (χ1v) is 25.1. The molecule has 0 aromatic heterocycles. The fraction of sp³-hybridized carbons (Fsp3) is 0.130. The van der Waals surface area contributed by atoms with Gasteiger partial charge in [0.15, 0.2) is 0 Å². The first-order valence-electron chi connectivity index (χ1n) is 25.1. The topological polar surface area (TPSA) is 6.48 Å².